The second-order valence-corrected chi connectivity index (χ2v) is 4.06. The Kier molecular flexibility index (Phi) is 7.66. The monoisotopic (exact) mass is 314 g/mol. The lowest BCUT2D eigenvalue weighted by Gasteiger charge is -2.12. The third-order valence-corrected chi connectivity index (χ3v) is 2.51. The Balaban J connectivity index is 0.00000324. The summed E-state index contributed by atoms with van der Waals surface area (Å²) in [6, 6.07) is 4.02. The van der Waals surface area contributed by atoms with E-state index in [4.69, 9.17) is 17.3 Å². The maximum absolute atomic E-state index is 12.0. The second-order valence-electron chi connectivity index (χ2n) is 3.65. The molecule has 8 heteroatoms. The highest BCUT2D eigenvalue weighted by Crippen LogP contribution is 2.29. The summed E-state index contributed by atoms with van der Waals surface area (Å²) in [4.78, 5) is 11.5. The van der Waals surface area contributed by atoms with Crippen LogP contribution in [0.4, 0.5) is 14.5 Å². The van der Waals surface area contributed by atoms with Gasteiger partial charge in [-0.05, 0) is 18.2 Å². The molecule has 0 saturated carbocycles. The van der Waals surface area contributed by atoms with Gasteiger partial charge in [-0.2, -0.15) is 8.78 Å². The molecular weight excluding hydrogens is 301 g/mol. The molecule has 1 amide bonds. The number of carbonyl (C=O) groups is 1. The molecule has 0 heterocycles. The standard InChI is InChI=1S/C11H13ClF2N2O2.ClH/c1-6(5-15)10(17)16-7-2-3-9(8(12)4-7)18-11(13)14;/h2-4,6,11H,5,15H2,1H3,(H,16,17);1H. The summed E-state index contributed by atoms with van der Waals surface area (Å²) in [5, 5.41) is 2.56. The molecule has 0 aliphatic rings. The fraction of sp³-hybridized carbons (Fsp3) is 0.364. The van der Waals surface area contributed by atoms with E-state index in [9.17, 15) is 13.6 Å². The summed E-state index contributed by atoms with van der Waals surface area (Å²) < 4.78 is 28.2. The highest BCUT2D eigenvalue weighted by molar-refractivity contribution is 6.32. The largest absolute Gasteiger partial charge is 0.433 e. The first-order chi connectivity index (χ1) is 8.43. The molecule has 0 aromatic heterocycles. The maximum Gasteiger partial charge on any atom is 0.387 e. The van der Waals surface area contributed by atoms with Gasteiger partial charge >= 0.3 is 6.61 Å². The predicted octanol–water partition coefficient (Wildman–Crippen LogP) is 2.90. The molecule has 4 nitrogen and oxygen atoms in total. The minimum absolute atomic E-state index is 0. The SMILES string of the molecule is CC(CN)C(=O)Nc1ccc(OC(F)F)c(Cl)c1.Cl. The van der Waals surface area contributed by atoms with E-state index in [0.29, 0.717) is 5.69 Å². The maximum atomic E-state index is 12.0. The summed E-state index contributed by atoms with van der Waals surface area (Å²) >= 11 is 5.74. The Bertz CT molecular complexity index is 433. The van der Waals surface area contributed by atoms with E-state index in [2.05, 4.69) is 10.1 Å². The first-order valence-corrected chi connectivity index (χ1v) is 5.57. The first kappa shape index (κ1) is 17.9. The molecule has 19 heavy (non-hydrogen) atoms. The summed E-state index contributed by atoms with van der Waals surface area (Å²) in [5.41, 5.74) is 5.74. The van der Waals surface area contributed by atoms with Crippen LogP contribution >= 0.6 is 24.0 Å². The van der Waals surface area contributed by atoms with Gasteiger partial charge in [-0.15, -0.1) is 12.4 Å². The molecule has 0 spiro atoms. The van der Waals surface area contributed by atoms with Gasteiger partial charge in [-0.1, -0.05) is 18.5 Å². The number of halogens is 4. The van der Waals surface area contributed by atoms with Crippen LogP contribution in [0.1, 0.15) is 6.92 Å². The van der Waals surface area contributed by atoms with E-state index >= 15 is 0 Å². The highest BCUT2D eigenvalue weighted by atomic mass is 35.5. The summed E-state index contributed by atoms with van der Waals surface area (Å²) in [5.74, 6) is -0.756. The van der Waals surface area contributed by atoms with Crippen LogP contribution in [0.3, 0.4) is 0 Å². The summed E-state index contributed by atoms with van der Waals surface area (Å²) in [7, 11) is 0. The quantitative estimate of drug-likeness (QED) is 0.878. The van der Waals surface area contributed by atoms with Gasteiger partial charge in [0.25, 0.3) is 0 Å². The lowest BCUT2D eigenvalue weighted by atomic mass is 10.1. The van der Waals surface area contributed by atoms with Gasteiger partial charge in [-0.3, -0.25) is 4.79 Å². The molecule has 1 atom stereocenters. The molecule has 1 unspecified atom stereocenters. The zero-order chi connectivity index (χ0) is 13.7. The zero-order valence-corrected chi connectivity index (χ0v) is 11.6. The van der Waals surface area contributed by atoms with E-state index in [1.54, 1.807) is 6.92 Å². The zero-order valence-electron chi connectivity index (χ0n) is 10.0. The number of nitrogens with one attached hydrogen (secondary N) is 1. The van der Waals surface area contributed by atoms with Crippen LogP contribution in [0.5, 0.6) is 5.75 Å². The van der Waals surface area contributed by atoms with Crippen molar-refractivity contribution in [1.82, 2.24) is 0 Å². The number of hydrogen-bond donors (Lipinski definition) is 2. The number of nitrogens with two attached hydrogens (primary N) is 1. The molecule has 1 aromatic rings. The lowest BCUT2D eigenvalue weighted by molar-refractivity contribution is -0.119. The average Bonchev–Trinajstić information content (AvgIpc) is 2.31. The summed E-state index contributed by atoms with van der Waals surface area (Å²) in [6.07, 6.45) is 0. The van der Waals surface area contributed by atoms with Crippen LogP contribution in [0.15, 0.2) is 18.2 Å². The van der Waals surface area contributed by atoms with Gasteiger partial charge in [-0.25, -0.2) is 0 Å². The molecule has 1 aromatic carbocycles. The van der Waals surface area contributed by atoms with Crippen molar-refractivity contribution in [3.63, 3.8) is 0 Å². The Hall–Kier alpha value is -1.11. The Morgan fingerprint density at radius 1 is 1.53 bits per heavy atom. The van der Waals surface area contributed by atoms with Crippen molar-refractivity contribution in [1.29, 1.82) is 0 Å². The minimum Gasteiger partial charge on any atom is -0.433 e. The molecule has 0 radical (unpaired) electrons. The van der Waals surface area contributed by atoms with Gasteiger partial charge in [0, 0.05) is 18.2 Å². The Morgan fingerprint density at radius 2 is 2.16 bits per heavy atom. The topological polar surface area (TPSA) is 64.4 Å². The Morgan fingerprint density at radius 3 is 2.63 bits per heavy atom. The van der Waals surface area contributed by atoms with E-state index in [0.717, 1.165) is 0 Å². The fourth-order valence-corrected chi connectivity index (χ4v) is 1.37. The third-order valence-electron chi connectivity index (χ3n) is 2.22. The molecular formula is C11H14Cl2F2N2O2. The molecule has 0 bridgehead atoms. The molecule has 0 saturated heterocycles. The van der Waals surface area contributed by atoms with Crippen LogP contribution in [0.2, 0.25) is 5.02 Å². The van der Waals surface area contributed by atoms with Gasteiger partial charge in [0.2, 0.25) is 5.91 Å². The number of anilines is 1. The molecule has 0 aliphatic heterocycles. The number of ether oxygens (including phenoxy) is 1. The van der Waals surface area contributed by atoms with E-state index in [1.165, 1.54) is 18.2 Å². The van der Waals surface area contributed by atoms with Crippen LogP contribution in [-0.4, -0.2) is 19.1 Å². The first-order valence-electron chi connectivity index (χ1n) is 5.19. The minimum atomic E-state index is -2.94. The van der Waals surface area contributed by atoms with E-state index in [1.807, 2.05) is 0 Å². The molecule has 0 fully saturated rings. The lowest BCUT2D eigenvalue weighted by Crippen LogP contribution is -2.26. The van der Waals surface area contributed by atoms with E-state index < -0.39 is 6.61 Å². The van der Waals surface area contributed by atoms with Gasteiger partial charge < -0.3 is 15.8 Å². The van der Waals surface area contributed by atoms with Crippen molar-refractivity contribution in [2.45, 2.75) is 13.5 Å². The van der Waals surface area contributed by atoms with Crippen molar-refractivity contribution in [3.05, 3.63) is 23.2 Å². The smallest absolute Gasteiger partial charge is 0.387 e. The second kappa shape index (κ2) is 8.14. The molecule has 3 N–H and O–H groups in total. The highest BCUT2D eigenvalue weighted by Gasteiger charge is 2.13. The average molecular weight is 315 g/mol. The molecule has 108 valence electrons. The van der Waals surface area contributed by atoms with Crippen LogP contribution in [0.25, 0.3) is 0 Å². The van der Waals surface area contributed by atoms with Crippen LogP contribution < -0.4 is 15.8 Å². The van der Waals surface area contributed by atoms with Crippen LogP contribution in [-0.2, 0) is 4.79 Å². The van der Waals surface area contributed by atoms with Crippen molar-refractivity contribution < 1.29 is 18.3 Å². The Labute approximate surface area is 120 Å². The van der Waals surface area contributed by atoms with Crippen molar-refractivity contribution in [3.8, 4) is 5.75 Å². The van der Waals surface area contributed by atoms with Crippen LogP contribution in [0, 0.1) is 5.92 Å². The number of benzene rings is 1. The number of rotatable bonds is 5. The third kappa shape index (κ3) is 5.59. The van der Waals surface area contributed by atoms with E-state index in [-0.39, 0.29) is 41.5 Å². The summed E-state index contributed by atoms with van der Waals surface area (Å²) in [6.45, 7) is -1.06. The van der Waals surface area contributed by atoms with Crippen molar-refractivity contribution in [2.75, 3.05) is 11.9 Å². The molecule has 1 rings (SSSR count). The van der Waals surface area contributed by atoms with Gasteiger partial charge in [0.15, 0.2) is 0 Å². The number of alkyl halides is 2. The molecule has 0 aliphatic carbocycles. The van der Waals surface area contributed by atoms with Gasteiger partial charge in [0.05, 0.1) is 5.02 Å². The number of carbonyl (C=O) groups excluding carboxylic acids is 1. The van der Waals surface area contributed by atoms with Crippen molar-refractivity contribution >= 4 is 35.6 Å². The number of amides is 1. The predicted molar refractivity (Wildman–Crippen MR) is 72.2 cm³/mol. The number of hydrogen-bond acceptors (Lipinski definition) is 3. The fourth-order valence-electron chi connectivity index (χ4n) is 1.14. The van der Waals surface area contributed by atoms with Gasteiger partial charge in [0.1, 0.15) is 5.75 Å². The van der Waals surface area contributed by atoms with Crippen molar-refractivity contribution in [2.24, 2.45) is 11.7 Å². The normalized spacial score (nSPS) is 11.7.